The van der Waals surface area contributed by atoms with Gasteiger partial charge in [-0.2, -0.15) is 0 Å². The molecule has 0 N–H and O–H groups in total. The first-order chi connectivity index (χ1) is 7.95. The van der Waals surface area contributed by atoms with Crippen molar-refractivity contribution in [3.8, 4) is 0 Å². The molecule has 2 heterocycles. The van der Waals surface area contributed by atoms with Crippen LogP contribution in [0.25, 0.3) is 5.78 Å². The van der Waals surface area contributed by atoms with Gasteiger partial charge in [-0.05, 0) is 0 Å². The van der Waals surface area contributed by atoms with Gasteiger partial charge in [-0.15, -0.1) is 0 Å². The second kappa shape index (κ2) is 3.15. The van der Waals surface area contributed by atoms with E-state index in [1.807, 2.05) is 0 Å². The predicted molar refractivity (Wildman–Crippen MR) is 44.1 cm³/mol. The van der Waals surface area contributed by atoms with Crippen LogP contribution in [0.15, 0.2) is 9.59 Å². The summed E-state index contributed by atoms with van der Waals surface area (Å²) in [7, 11) is 0. The Morgan fingerprint density at radius 2 is 1.71 bits per heavy atom. The van der Waals surface area contributed by atoms with E-state index in [0.717, 1.165) is 0 Å². The lowest BCUT2D eigenvalue weighted by Gasteiger charge is -1.97. The molecule has 0 aromatic carbocycles. The first-order valence-corrected chi connectivity index (χ1v) is 3.71. The van der Waals surface area contributed by atoms with Crippen LogP contribution in [-0.4, -0.2) is 39.7 Å². The molecular formula is C3N8O6. The fraction of sp³-hybridized carbons (Fsp3) is 0. The number of hydrogen-bond donors (Lipinski definition) is 0. The van der Waals surface area contributed by atoms with Crippen LogP contribution in [0.1, 0.15) is 0 Å². The number of nitro groups is 2. The zero-order valence-electron chi connectivity index (χ0n) is 7.53. The maximum atomic E-state index is 11.2. The molecule has 2 aromatic heterocycles. The van der Waals surface area contributed by atoms with Crippen LogP contribution in [0, 0.1) is 20.2 Å². The molecular weight excluding hydrogens is 244 g/mol. The van der Waals surface area contributed by atoms with Gasteiger partial charge >= 0.3 is 16.9 Å². The second-order valence-corrected chi connectivity index (χ2v) is 2.56. The molecule has 0 radical (unpaired) electrons. The van der Waals surface area contributed by atoms with Gasteiger partial charge in [0.2, 0.25) is 0 Å². The smallest absolute Gasteiger partial charge is 0.339 e. The molecule has 2 aromatic rings. The van der Waals surface area contributed by atoms with E-state index in [-0.39, 0.29) is 14.1 Å². The van der Waals surface area contributed by atoms with Crippen molar-refractivity contribution in [2.75, 3.05) is 0 Å². The molecule has 0 atom stereocenters. The molecule has 0 unspecified atom stereocenters. The van der Waals surface area contributed by atoms with Crippen molar-refractivity contribution >= 4 is 5.78 Å². The van der Waals surface area contributed by atoms with Crippen LogP contribution in [0.2, 0.25) is 0 Å². The van der Waals surface area contributed by atoms with E-state index >= 15 is 0 Å². The number of nitrogens with zero attached hydrogens (tertiary/aromatic N) is 8. The number of tetrazole rings is 1. The highest BCUT2D eigenvalue weighted by Gasteiger charge is 2.29. The number of rotatable bonds is 2. The van der Waals surface area contributed by atoms with E-state index in [9.17, 15) is 29.8 Å². The summed E-state index contributed by atoms with van der Waals surface area (Å²) in [6, 6.07) is 0. The molecule has 17 heavy (non-hydrogen) atoms. The zero-order chi connectivity index (χ0) is 12.7. The molecule has 0 saturated heterocycles. The third-order valence-corrected chi connectivity index (χ3v) is 1.68. The highest BCUT2D eigenvalue weighted by atomic mass is 16.7. The second-order valence-electron chi connectivity index (χ2n) is 2.56. The van der Waals surface area contributed by atoms with Crippen molar-refractivity contribution < 1.29 is 10.1 Å². The average Bonchev–Trinajstić information content (AvgIpc) is 2.66. The molecule has 0 amide bonds. The minimum atomic E-state index is -1.76. The Bertz CT molecular complexity index is 687. The third-order valence-electron chi connectivity index (χ3n) is 1.68. The van der Waals surface area contributed by atoms with Gasteiger partial charge in [0.05, 0.1) is 15.0 Å². The van der Waals surface area contributed by atoms with Gasteiger partial charge in [0.15, 0.2) is 5.03 Å². The van der Waals surface area contributed by atoms with E-state index < -0.39 is 27.0 Å². The van der Waals surface area contributed by atoms with Gasteiger partial charge in [-0.25, -0.2) is 10.1 Å². The molecule has 2 rings (SSSR count). The summed E-state index contributed by atoms with van der Waals surface area (Å²) in [4.78, 5) is 43.1. The topological polar surface area (TPSA) is 173 Å². The van der Waals surface area contributed by atoms with Crippen LogP contribution in [0.4, 0.5) is 0 Å². The third kappa shape index (κ3) is 1.24. The van der Waals surface area contributed by atoms with Gasteiger partial charge in [0.25, 0.3) is 0 Å². The monoisotopic (exact) mass is 244 g/mol. The van der Waals surface area contributed by atoms with Crippen molar-refractivity contribution in [2.45, 2.75) is 0 Å². The lowest BCUT2D eigenvalue weighted by atomic mass is 10.8. The van der Waals surface area contributed by atoms with E-state index in [1.54, 1.807) is 0 Å². The van der Waals surface area contributed by atoms with Crippen LogP contribution >= 0.6 is 0 Å². The van der Waals surface area contributed by atoms with Crippen LogP contribution in [0.5, 0.6) is 0 Å². The van der Waals surface area contributed by atoms with E-state index in [4.69, 9.17) is 0 Å². The summed E-state index contributed by atoms with van der Waals surface area (Å²) in [5.41, 5.74) is -3.50. The number of hydrogen-bond acceptors (Lipinski definition) is 9. The molecule has 0 aliphatic carbocycles. The summed E-state index contributed by atoms with van der Waals surface area (Å²) in [6.07, 6.45) is 0. The summed E-state index contributed by atoms with van der Waals surface area (Å²) < 4.78 is -0.158. The zero-order valence-corrected chi connectivity index (χ0v) is 7.53. The van der Waals surface area contributed by atoms with Gasteiger partial charge in [-0.1, -0.05) is 5.10 Å². The maximum Gasteiger partial charge on any atom is 0.434 e. The average molecular weight is 244 g/mol. The number of aromatic nitrogens is 6. The molecule has 0 aliphatic rings. The quantitative estimate of drug-likeness (QED) is 0.295. The summed E-state index contributed by atoms with van der Waals surface area (Å²) >= 11 is 0. The largest absolute Gasteiger partial charge is 0.434 e. The van der Waals surface area contributed by atoms with Crippen LogP contribution < -0.4 is 11.1 Å². The van der Waals surface area contributed by atoms with Gasteiger partial charge < -0.3 is 10.1 Å². The van der Waals surface area contributed by atoms with Crippen molar-refractivity contribution in [3.05, 3.63) is 40.9 Å². The molecule has 0 fully saturated rings. The molecule has 14 nitrogen and oxygen atoms in total. The molecule has 0 bridgehead atoms. The summed E-state index contributed by atoms with van der Waals surface area (Å²) in [5, 5.41) is 27.4. The standard InChI is InChI=1S/C3N8O6/c12-1-2(13)9(11(16)17)8-3(4-5-6-8)7(1)10(14)15. The van der Waals surface area contributed by atoms with Gasteiger partial charge in [0.1, 0.15) is 0 Å². The minimum Gasteiger partial charge on any atom is -0.339 e. The van der Waals surface area contributed by atoms with Crippen molar-refractivity contribution in [1.29, 1.82) is 0 Å². The van der Waals surface area contributed by atoms with E-state index in [0.29, 0.717) is 0 Å². The summed E-state index contributed by atoms with van der Waals surface area (Å²) in [5.74, 6) is -0.865. The fourth-order valence-electron chi connectivity index (χ4n) is 1.07. The van der Waals surface area contributed by atoms with E-state index in [1.165, 1.54) is 0 Å². The highest BCUT2D eigenvalue weighted by Crippen LogP contribution is 1.89. The Morgan fingerprint density at radius 1 is 1.06 bits per heavy atom. The highest BCUT2D eigenvalue weighted by molar-refractivity contribution is 5.19. The van der Waals surface area contributed by atoms with E-state index in [2.05, 4.69) is 15.5 Å². The Labute approximate surface area is 87.5 Å². The van der Waals surface area contributed by atoms with Crippen LogP contribution in [0.3, 0.4) is 0 Å². The first kappa shape index (κ1) is 10.3. The van der Waals surface area contributed by atoms with Gasteiger partial charge in [0, 0.05) is 14.5 Å². The fourth-order valence-corrected chi connectivity index (χ4v) is 1.07. The Morgan fingerprint density at radius 3 is 2.24 bits per heavy atom. The Hall–Kier alpha value is -3.19. The molecule has 14 heteroatoms. The van der Waals surface area contributed by atoms with Crippen molar-refractivity contribution in [1.82, 2.24) is 29.6 Å². The lowest BCUT2D eigenvalue weighted by Crippen LogP contribution is -2.48. The summed E-state index contributed by atoms with van der Waals surface area (Å²) in [6.45, 7) is 0. The molecule has 0 saturated carbocycles. The first-order valence-electron chi connectivity index (χ1n) is 3.71. The maximum absolute atomic E-state index is 11.2. The Kier molecular flexibility index (Phi) is 1.92. The molecule has 0 aliphatic heterocycles. The minimum absolute atomic E-state index is 0.131. The molecule has 88 valence electrons. The van der Waals surface area contributed by atoms with Crippen molar-refractivity contribution in [2.24, 2.45) is 0 Å². The number of fused-ring (bicyclic) bond motifs is 1. The van der Waals surface area contributed by atoms with Crippen molar-refractivity contribution in [3.63, 3.8) is 0 Å². The normalized spacial score (nSPS) is 10.6. The van der Waals surface area contributed by atoms with Gasteiger partial charge in [-0.3, -0.25) is 9.59 Å². The predicted octanol–water partition coefficient (Wildman–Crippen LogP) is -3.47. The molecule has 0 spiro atoms. The van der Waals surface area contributed by atoms with Crippen LogP contribution in [-0.2, 0) is 0 Å². The lowest BCUT2D eigenvalue weighted by molar-refractivity contribution is -0.566. The SMILES string of the molecule is O=c1c(=O)n([N+](=O)[O-])n2nnnc2n1[N+](=O)[O-]. The Balaban J connectivity index is 3.14.